The Morgan fingerprint density at radius 2 is 1.80 bits per heavy atom. The van der Waals surface area contributed by atoms with E-state index in [2.05, 4.69) is 11.9 Å². The minimum absolute atomic E-state index is 0.331. The van der Waals surface area contributed by atoms with Crippen LogP contribution < -0.4 is 0 Å². The molecule has 77 valence electrons. The summed E-state index contributed by atoms with van der Waals surface area (Å²) < 4.78 is 37.0. The van der Waals surface area contributed by atoms with Crippen LogP contribution in [-0.2, 0) is 6.18 Å². The summed E-state index contributed by atoms with van der Waals surface area (Å²) in [5, 5.41) is 0.663. The number of pyridine rings is 1. The quantitative estimate of drug-likeness (QED) is 0.649. The lowest BCUT2D eigenvalue weighted by molar-refractivity contribution is -0.140. The maximum Gasteiger partial charge on any atom is 0.433 e. The van der Waals surface area contributed by atoms with Crippen LogP contribution in [0.15, 0.2) is 30.3 Å². The molecule has 4 heteroatoms. The van der Waals surface area contributed by atoms with Crippen molar-refractivity contribution in [2.45, 2.75) is 6.18 Å². The minimum atomic E-state index is -4.39. The second-order valence-electron chi connectivity index (χ2n) is 3.22. The van der Waals surface area contributed by atoms with E-state index in [0.717, 1.165) is 11.6 Å². The number of hydrogen-bond acceptors (Lipinski definition) is 1. The summed E-state index contributed by atoms with van der Waals surface area (Å²) in [4.78, 5) is 3.53. The van der Waals surface area contributed by atoms with E-state index in [1.165, 1.54) is 12.1 Å². The monoisotopic (exact) mass is 210 g/mol. The molecule has 0 aliphatic carbocycles. The summed E-state index contributed by atoms with van der Waals surface area (Å²) in [6, 6.07) is 7.24. The Labute approximate surface area is 84.6 Å². The summed E-state index contributed by atoms with van der Waals surface area (Å²) in [6.07, 6.45) is -4.39. The van der Waals surface area contributed by atoms with E-state index in [1.54, 1.807) is 12.1 Å². The zero-order valence-corrected chi connectivity index (χ0v) is 7.67. The van der Waals surface area contributed by atoms with E-state index in [0.29, 0.717) is 10.9 Å². The Morgan fingerprint density at radius 3 is 2.47 bits per heavy atom. The largest absolute Gasteiger partial charge is 0.433 e. The van der Waals surface area contributed by atoms with E-state index in [9.17, 15) is 13.2 Å². The lowest BCUT2D eigenvalue weighted by Gasteiger charge is -2.06. The molecule has 2 aromatic rings. The minimum Gasteiger partial charge on any atom is -0.243 e. The number of hydrogen-bond donors (Lipinski definition) is 0. The van der Waals surface area contributed by atoms with Crippen LogP contribution in [0.2, 0.25) is 0 Å². The Bertz CT molecular complexity index is 503. The number of nitrogens with zero attached hydrogens (tertiary/aromatic N) is 1. The highest BCUT2D eigenvalue weighted by Crippen LogP contribution is 2.28. The summed E-state index contributed by atoms with van der Waals surface area (Å²) >= 11 is 0. The number of fused-ring (bicyclic) bond motifs is 1. The van der Waals surface area contributed by atoms with Crippen molar-refractivity contribution in [3.8, 4) is 0 Å². The molecule has 1 radical (unpaired) electrons. The van der Waals surface area contributed by atoms with Crippen LogP contribution in [0.5, 0.6) is 0 Å². The van der Waals surface area contributed by atoms with Crippen molar-refractivity contribution in [1.82, 2.24) is 4.98 Å². The number of halogens is 3. The van der Waals surface area contributed by atoms with Crippen molar-refractivity contribution < 1.29 is 13.2 Å². The van der Waals surface area contributed by atoms with Crippen LogP contribution in [0.1, 0.15) is 11.3 Å². The van der Waals surface area contributed by atoms with E-state index < -0.39 is 11.9 Å². The van der Waals surface area contributed by atoms with E-state index in [4.69, 9.17) is 0 Å². The van der Waals surface area contributed by atoms with Gasteiger partial charge in [-0.25, -0.2) is 4.98 Å². The molecule has 0 unspecified atom stereocenters. The fourth-order valence-electron chi connectivity index (χ4n) is 1.33. The standard InChI is InChI=1S/C11H7F3N/c1-7-2-4-9-8(6-7)3-5-10(15-9)11(12,13)14/h2-6H,1H2. The first-order valence-corrected chi connectivity index (χ1v) is 4.27. The molecule has 0 saturated carbocycles. The highest BCUT2D eigenvalue weighted by atomic mass is 19.4. The van der Waals surface area contributed by atoms with Gasteiger partial charge in [0.2, 0.25) is 0 Å². The van der Waals surface area contributed by atoms with Gasteiger partial charge in [0.05, 0.1) is 5.52 Å². The lowest BCUT2D eigenvalue weighted by atomic mass is 10.1. The average molecular weight is 210 g/mol. The van der Waals surface area contributed by atoms with Crippen molar-refractivity contribution in [2.75, 3.05) is 0 Å². The fraction of sp³-hybridized carbons (Fsp3) is 0.0909. The molecular formula is C11H7F3N. The maximum absolute atomic E-state index is 12.3. The molecule has 1 aromatic carbocycles. The van der Waals surface area contributed by atoms with Crippen molar-refractivity contribution in [2.24, 2.45) is 0 Å². The van der Waals surface area contributed by atoms with Crippen LogP contribution in [0, 0.1) is 6.92 Å². The van der Waals surface area contributed by atoms with Gasteiger partial charge >= 0.3 is 6.18 Å². The van der Waals surface area contributed by atoms with Crippen molar-refractivity contribution in [3.05, 3.63) is 48.5 Å². The molecular weight excluding hydrogens is 203 g/mol. The first-order chi connectivity index (χ1) is 6.97. The van der Waals surface area contributed by atoms with Crippen LogP contribution in [0.3, 0.4) is 0 Å². The number of aromatic nitrogens is 1. The molecule has 0 amide bonds. The van der Waals surface area contributed by atoms with Gasteiger partial charge in [0.15, 0.2) is 0 Å². The topological polar surface area (TPSA) is 12.9 Å². The van der Waals surface area contributed by atoms with Gasteiger partial charge < -0.3 is 0 Å². The van der Waals surface area contributed by atoms with Crippen molar-refractivity contribution in [3.63, 3.8) is 0 Å². The smallest absolute Gasteiger partial charge is 0.243 e. The van der Waals surface area contributed by atoms with E-state index in [-0.39, 0.29) is 0 Å². The SMILES string of the molecule is [CH2]c1ccc2nc(C(F)(F)F)ccc2c1. The van der Waals surface area contributed by atoms with Crippen LogP contribution in [0.25, 0.3) is 10.9 Å². The van der Waals surface area contributed by atoms with Crippen LogP contribution in [-0.4, -0.2) is 4.98 Å². The van der Waals surface area contributed by atoms with Crippen LogP contribution >= 0.6 is 0 Å². The number of rotatable bonds is 0. The molecule has 0 saturated heterocycles. The molecule has 0 fully saturated rings. The first-order valence-electron chi connectivity index (χ1n) is 4.27. The van der Waals surface area contributed by atoms with Gasteiger partial charge in [-0.05, 0) is 30.7 Å². The van der Waals surface area contributed by atoms with Gasteiger partial charge in [-0.1, -0.05) is 12.1 Å². The second kappa shape index (κ2) is 3.22. The lowest BCUT2D eigenvalue weighted by Crippen LogP contribution is -2.07. The van der Waals surface area contributed by atoms with Gasteiger partial charge in [-0.15, -0.1) is 0 Å². The third-order valence-electron chi connectivity index (χ3n) is 2.04. The third kappa shape index (κ3) is 1.93. The molecule has 0 spiro atoms. The molecule has 0 aliphatic heterocycles. The molecule has 15 heavy (non-hydrogen) atoms. The van der Waals surface area contributed by atoms with Gasteiger partial charge in [-0.2, -0.15) is 13.2 Å². The number of benzene rings is 1. The van der Waals surface area contributed by atoms with Crippen LogP contribution in [0.4, 0.5) is 13.2 Å². The Balaban J connectivity index is 2.62. The Kier molecular flexibility index (Phi) is 2.14. The summed E-state index contributed by atoms with van der Waals surface area (Å²) in [7, 11) is 0. The van der Waals surface area contributed by atoms with Gasteiger partial charge in [0, 0.05) is 5.39 Å². The highest BCUT2D eigenvalue weighted by molar-refractivity contribution is 5.79. The van der Waals surface area contributed by atoms with E-state index >= 15 is 0 Å². The first kappa shape index (κ1) is 9.96. The molecule has 0 bridgehead atoms. The third-order valence-corrected chi connectivity index (χ3v) is 2.04. The molecule has 1 heterocycles. The Morgan fingerprint density at radius 1 is 1.07 bits per heavy atom. The van der Waals surface area contributed by atoms with E-state index in [1.807, 2.05) is 0 Å². The summed E-state index contributed by atoms with van der Waals surface area (Å²) in [5.41, 5.74) is 0.216. The molecule has 0 aliphatic rings. The predicted octanol–water partition coefficient (Wildman–Crippen LogP) is 3.44. The summed E-state index contributed by atoms with van der Waals surface area (Å²) in [5.74, 6) is 0. The molecule has 1 nitrogen and oxygen atoms in total. The summed E-state index contributed by atoms with van der Waals surface area (Å²) in [6.45, 7) is 3.69. The Hall–Kier alpha value is -1.58. The highest BCUT2D eigenvalue weighted by Gasteiger charge is 2.32. The van der Waals surface area contributed by atoms with Gasteiger partial charge in [-0.3, -0.25) is 0 Å². The van der Waals surface area contributed by atoms with Crippen molar-refractivity contribution >= 4 is 10.9 Å². The molecule has 0 atom stereocenters. The normalized spacial score (nSPS) is 12.0. The molecule has 2 rings (SSSR count). The average Bonchev–Trinajstić information content (AvgIpc) is 2.15. The number of alkyl halides is 3. The fourth-order valence-corrected chi connectivity index (χ4v) is 1.33. The predicted molar refractivity (Wildman–Crippen MR) is 51.2 cm³/mol. The second-order valence-corrected chi connectivity index (χ2v) is 3.22. The van der Waals surface area contributed by atoms with Crippen molar-refractivity contribution in [1.29, 1.82) is 0 Å². The zero-order chi connectivity index (χ0) is 11.1. The molecule has 0 N–H and O–H groups in total. The van der Waals surface area contributed by atoms with Gasteiger partial charge in [0.25, 0.3) is 0 Å². The maximum atomic E-state index is 12.3. The van der Waals surface area contributed by atoms with Gasteiger partial charge in [0.1, 0.15) is 5.69 Å². The molecule has 1 aromatic heterocycles. The zero-order valence-electron chi connectivity index (χ0n) is 7.67.